The van der Waals surface area contributed by atoms with Crippen molar-refractivity contribution in [1.29, 1.82) is 0 Å². The number of carbonyl (C=O) groups excluding carboxylic acids is 1. The van der Waals surface area contributed by atoms with E-state index in [9.17, 15) is 4.79 Å². The van der Waals surface area contributed by atoms with E-state index in [2.05, 4.69) is 60.5 Å². The first-order valence-electron chi connectivity index (χ1n) is 8.07. The molecule has 1 aliphatic rings. The molecule has 2 aromatic rings. The van der Waals surface area contributed by atoms with Gasteiger partial charge in [0.05, 0.1) is 6.54 Å². The second kappa shape index (κ2) is 7.16. The van der Waals surface area contributed by atoms with Gasteiger partial charge in [-0.15, -0.1) is 22.7 Å². The summed E-state index contributed by atoms with van der Waals surface area (Å²) in [7, 11) is 4.12. The van der Waals surface area contributed by atoms with Crippen molar-refractivity contribution in [2.75, 3.05) is 27.2 Å². The van der Waals surface area contributed by atoms with Crippen LogP contribution in [0.15, 0.2) is 29.6 Å². The van der Waals surface area contributed by atoms with Gasteiger partial charge in [0.2, 0.25) is 5.91 Å². The third kappa shape index (κ3) is 4.22. The van der Waals surface area contributed by atoms with Gasteiger partial charge in [0.1, 0.15) is 0 Å². The van der Waals surface area contributed by atoms with Crippen molar-refractivity contribution in [1.82, 2.24) is 9.80 Å². The van der Waals surface area contributed by atoms with Crippen LogP contribution in [0.1, 0.15) is 27.0 Å². The number of nitrogens with zero attached hydrogens (tertiary/aromatic N) is 2. The van der Waals surface area contributed by atoms with Crippen LogP contribution >= 0.6 is 22.7 Å². The first-order chi connectivity index (χ1) is 11.0. The second-order valence-corrected chi connectivity index (χ2v) is 8.89. The SMILES string of the molecule is Cc1ccc([C@H]2C[C@H]2C(=O)N(CCN(C)C)Cc2cccs2)s1. The predicted octanol–water partition coefficient (Wildman–Crippen LogP) is 3.81. The van der Waals surface area contributed by atoms with E-state index in [1.165, 1.54) is 14.6 Å². The van der Waals surface area contributed by atoms with Crippen LogP contribution in [0.4, 0.5) is 0 Å². The van der Waals surface area contributed by atoms with Crippen LogP contribution in [0.2, 0.25) is 0 Å². The lowest BCUT2D eigenvalue weighted by Gasteiger charge is -2.24. The normalized spacial score (nSPS) is 20.0. The lowest BCUT2D eigenvalue weighted by molar-refractivity contribution is -0.133. The van der Waals surface area contributed by atoms with Gasteiger partial charge < -0.3 is 9.80 Å². The number of likely N-dealkylation sites (N-methyl/N-ethyl adjacent to an activating group) is 1. The highest BCUT2D eigenvalue weighted by molar-refractivity contribution is 7.12. The summed E-state index contributed by atoms with van der Waals surface area (Å²) in [6, 6.07) is 8.53. The van der Waals surface area contributed by atoms with E-state index in [1.54, 1.807) is 11.3 Å². The molecule has 1 amide bonds. The Balaban J connectivity index is 1.65. The van der Waals surface area contributed by atoms with Crippen LogP contribution < -0.4 is 0 Å². The Kier molecular flexibility index (Phi) is 5.19. The maximum Gasteiger partial charge on any atom is 0.226 e. The lowest BCUT2D eigenvalue weighted by Crippen LogP contribution is -2.37. The molecule has 0 radical (unpaired) electrons. The standard InChI is InChI=1S/C18H24N2OS2/c1-13-6-7-17(23-13)15-11-16(15)18(21)20(9-8-19(2)3)12-14-5-4-10-22-14/h4-7,10,15-16H,8-9,11-12H2,1-3H3/t15-,16+/m0/s1. The number of hydrogen-bond donors (Lipinski definition) is 0. The van der Waals surface area contributed by atoms with Crippen molar-refractivity contribution >= 4 is 28.6 Å². The predicted molar refractivity (Wildman–Crippen MR) is 98.2 cm³/mol. The van der Waals surface area contributed by atoms with Gasteiger partial charge in [-0.25, -0.2) is 0 Å². The van der Waals surface area contributed by atoms with Crippen LogP contribution in [0.5, 0.6) is 0 Å². The summed E-state index contributed by atoms with van der Waals surface area (Å²) >= 11 is 3.57. The van der Waals surface area contributed by atoms with E-state index in [-0.39, 0.29) is 5.92 Å². The maximum atomic E-state index is 13.0. The zero-order valence-corrected chi connectivity index (χ0v) is 15.6. The van der Waals surface area contributed by atoms with Gasteiger partial charge in [-0.05, 0) is 51.0 Å². The molecule has 1 aliphatic carbocycles. The molecule has 2 aromatic heterocycles. The van der Waals surface area contributed by atoms with Crippen LogP contribution in [0.25, 0.3) is 0 Å². The van der Waals surface area contributed by atoms with Crippen molar-refractivity contribution in [3.63, 3.8) is 0 Å². The summed E-state index contributed by atoms with van der Waals surface area (Å²) < 4.78 is 0. The minimum Gasteiger partial charge on any atom is -0.336 e. The van der Waals surface area contributed by atoms with Gasteiger partial charge >= 0.3 is 0 Å². The Morgan fingerprint density at radius 3 is 2.70 bits per heavy atom. The summed E-state index contributed by atoms with van der Waals surface area (Å²) in [5, 5.41) is 2.08. The zero-order valence-electron chi connectivity index (χ0n) is 14.0. The molecule has 3 nitrogen and oxygen atoms in total. The molecule has 0 bridgehead atoms. The lowest BCUT2D eigenvalue weighted by atomic mass is 10.2. The van der Waals surface area contributed by atoms with E-state index in [4.69, 9.17) is 0 Å². The van der Waals surface area contributed by atoms with Gasteiger partial charge in [-0.2, -0.15) is 0 Å². The molecule has 1 saturated carbocycles. The van der Waals surface area contributed by atoms with Crippen molar-refractivity contribution in [2.45, 2.75) is 25.8 Å². The van der Waals surface area contributed by atoms with E-state index < -0.39 is 0 Å². The fraction of sp³-hybridized carbons (Fsp3) is 0.500. The molecule has 1 fully saturated rings. The summed E-state index contributed by atoms with van der Waals surface area (Å²) in [6.07, 6.45) is 1.02. The summed E-state index contributed by atoms with van der Waals surface area (Å²) in [6.45, 7) is 4.59. The smallest absolute Gasteiger partial charge is 0.226 e. The number of aryl methyl sites for hydroxylation is 1. The fourth-order valence-electron chi connectivity index (χ4n) is 2.85. The molecule has 0 saturated heterocycles. The van der Waals surface area contributed by atoms with Crippen molar-refractivity contribution < 1.29 is 4.79 Å². The second-order valence-electron chi connectivity index (χ2n) is 6.54. The van der Waals surface area contributed by atoms with Crippen LogP contribution in [-0.2, 0) is 11.3 Å². The topological polar surface area (TPSA) is 23.6 Å². The molecule has 0 N–H and O–H groups in total. The molecule has 2 atom stereocenters. The van der Waals surface area contributed by atoms with E-state index in [0.717, 1.165) is 26.1 Å². The minimum atomic E-state index is 0.190. The molecule has 5 heteroatoms. The van der Waals surface area contributed by atoms with Crippen molar-refractivity contribution in [3.8, 4) is 0 Å². The maximum absolute atomic E-state index is 13.0. The quantitative estimate of drug-likeness (QED) is 0.759. The van der Waals surface area contributed by atoms with Gasteiger partial charge in [0, 0.05) is 39.6 Å². The first-order valence-corrected chi connectivity index (χ1v) is 9.76. The minimum absolute atomic E-state index is 0.190. The molecule has 0 spiro atoms. The van der Waals surface area contributed by atoms with Crippen molar-refractivity contribution in [3.05, 3.63) is 44.3 Å². The summed E-state index contributed by atoms with van der Waals surface area (Å²) in [5.74, 6) is 0.970. The number of hydrogen-bond acceptors (Lipinski definition) is 4. The zero-order chi connectivity index (χ0) is 16.4. The molecule has 0 aliphatic heterocycles. The monoisotopic (exact) mass is 348 g/mol. The van der Waals surface area contributed by atoms with Gasteiger partial charge in [0.25, 0.3) is 0 Å². The van der Waals surface area contributed by atoms with E-state index >= 15 is 0 Å². The van der Waals surface area contributed by atoms with Crippen LogP contribution in [-0.4, -0.2) is 42.9 Å². The van der Waals surface area contributed by atoms with E-state index in [1.807, 2.05) is 11.3 Å². The Morgan fingerprint density at radius 1 is 1.26 bits per heavy atom. The Morgan fingerprint density at radius 2 is 2.09 bits per heavy atom. The number of thiophene rings is 2. The van der Waals surface area contributed by atoms with E-state index in [0.29, 0.717) is 11.8 Å². The molecule has 3 rings (SSSR count). The average molecular weight is 349 g/mol. The molecule has 0 unspecified atom stereocenters. The molecule has 0 aromatic carbocycles. The Labute approximate surface area is 146 Å². The highest BCUT2D eigenvalue weighted by Gasteiger charge is 2.46. The molecular weight excluding hydrogens is 324 g/mol. The number of carbonyl (C=O) groups is 1. The van der Waals surface area contributed by atoms with Gasteiger partial charge in [-0.1, -0.05) is 6.07 Å². The van der Waals surface area contributed by atoms with Crippen LogP contribution in [0, 0.1) is 12.8 Å². The first kappa shape index (κ1) is 16.7. The largest absolute Gasteiger partial charge is 0.336 e. The van der Waals surface area contributed by atoms with Crippen LogP contribution in [0.3, 0.4) is 0 Å². The van der Waals surface area contributed by atoms with Crippen molar-refractivity contribution in [2.24, 2.45) is 5.92 Å². The van der Waals surface area contributed by atoms with Gasteiger partial charge in [0.15, 0.2) is 0 Å². The molecule has 23 heavy (non-hydrogen) atoms. The number of amides is 1. The molecule has 2 heterocycles. The Hall–Kier alpha value is -1.17. The fourth-order valence-corrected chi connectivity index (χ4v) is 4.62. The summed E-state index contributed by atoms with van der Waals surface area (Å²) in [5.41, 5.74) is 0. The third-order valence-corrected chi connectivity index (χ3v) is 6.28. The average Bonchev–Trinajstić information content (AvgIpc) is 2.91. The third-order valence-electron chi connectivity index (χ3n) is 4.29. The van der Waals surface area contributed by atoms with Gasteiger partial charge in [-0.3, -0.25) is 4.79 Å². The number of rotatable bonds is 7. The highest BCUT2D eigenvalue weighted by Crippen LogP contribution is 2.50. The highest BCUT2D eigenvalue weighted by atomic mass is 32.1. The summed E-state index contributed by atoms with van der Waals surface area (Å²) in [4.78, 5) is 21.1. The molecular formula is C18H24N2OS2. The molecule has 124 valence electrons. The Bertz CT molecular complexity index is 648.